The van der Waals surface area contributed by atoms with Gasteiger partial charge in [-0.1, -0.05) is 36.4 Å². The summed E-state index contributed by atoms with van der Waals surface area (Å²) in [6, 6.07) is 10.5. The van der Waals surface area contributed by atoms with Crippen LogP contribution in [0, 0.1) is 0 Å². The molecule has 1 aromatic rings. The molecule has 0 aromatic heterocycles. The fourth-order valence-electron chi connectivity index (χ4n) is 1.68. The highest BCUT2D eigenvalue weighted by molar-refractivity contribution is 5.87. The molecular formula is C15H20O2. The molecule has 0 saturated heterocycles. The molecule has 0 amide bonds. The van der Waals surface area contributed by atoms with Crippen molar-refractivity contribution in [2.45, 2.75) is 32.6 Å². The lowest BCUT2D eigenvalue weighted by molar-refractivity contribution is -0.136. The van der Waals surface area contributed by atoms with Gasteiger partial charge in [0.15, 0.2) is 0 Å². The molecule has 0 fully saturated rings. The van der Waals surface area contributed by atoms with E-state index in [0.717, 1.165) is 25.7 Å². The van der Waals surface area contributed by atoms with Crippen LogP contribution in [-0.4, -0.2) is 13.1 Å². The lowest BCUT2D eigenvalue weighted by Crippen LogP contribution is -2.01. The minimum absolute atomic E-state index is 0.229. The van der Waals surface area contributed by atoms with Crippen LogP contribution < -0.4 is 0 Å². The molecule has 0 radical (unpaired) electrons. The van der Waals surface area contributed by atoms with Crippen LogP contribution in [0.5, 0.6) is 0 Å². The molecule has 2 nitrogen and oxygen atoms in total. The van der Waals surface area contributed by atoms with Crippen molar-refractivity contribution in [2.75, 3.05) is 7.11 Å². The molecule has 0 spiro atoms. The van der Waals surface area contributed by atoms with Crippen LogP contribution in [0.15, 0.2) is 42.0 Å². The highest BCUT2D eigenvalue weighted by atomic mass is 16.5. The number of carbonyl (C=O) groups excluding carboxylic acids is 1. The zero-order chi connectivity index (χ0) is 12.5. The van der Waals surface area contributed by atoms with E-state index in [2.05, 4.69) is 29.0 Å². The first kappa shape index (κ1) is 13.5. The quantitative estimate of drug-likeness (QED) is 0.426. The van der Waals surface area contributed by atoms with E-state index in [1.807, 2.05) is 12.1 Å². The summed E-state index contributed by atoms with van der Waals surface area (Å²) in [4.78, 5) is 11.1. The number of methoxy groups -OCH3 is 1. The largest absolute Gasteiger partial charge is 0.466 e. The van der Waals surface area contributed by atoms with Crippen molar-refractivity contribution in [3.8, 4) is 0 Å². The van der Waals surface area contributed by atoms with Gasteiger partial charge < -0.3 is 4.74 Å². The minimum atomic E-state index is -0.229. The maximum Gasteiger partial charge on any atom is 0.333 e. The van der Waals surface area contributed by atoms with Crippen molar-refractivity contribution in [1.29, 1.82) is 0 Å². The molecule has 17 heavy (non-hydrogen) atoms. The number of hydrogen-bond acceptors (Lipinski definition) is 2. The van der Waals surface area contributed by atoms with Crippen molar-refractivity contribution in [3.63, 3.8) is 0 Å². The van der Waals surface area contributed by atoms with Crippen LogP contribution >= 0.6 is 0 Å². The van der Waals surface area contributed by atoms with Gasteiger partial charge in [0.25, 0.3) is 0 Å². The van der Waals surface area contributed by atoms with E-state index in [9.17, 15) is 4.79 Å². The molecule has 0 aliphatic rings. The Hall–Kier alpha value is -1.57. The number of unbranched alkanes of at least 4 members (excludes halogenated alkanes) is 2. The van der Waals surface area contributed by atoms with E-state index in [0.29, 0.717) is 5.57 Å². The molecular weight excluding hydrogens is 212 g/mol. The number of rotatable bonds is 6. The Kier molecular flexibility index (Phi) is 6.08. The second-order valence-electron chi connectivity index (χ2n) is 4.11. The molecule has 2 heteroatoms. The van der Waals surface area contributed by atoms with E-state index in [4.69, 9.17) is 0 Å². The fourth-order valence-corrected chi connectivity index (χ4v) is 1.68. The smallest absolute Gasteiger partial charge is 0.333 e. The molecule has 0 bridgehead atoms. The zero-order valence-corrected chi connectivity index (χ0v) is 10.6. The number of hydrogen-bond donors (Lipinski definition) is 0. The molecule has 0 atom stereocenters. The molecule has 1 rings (SSSR count). The van der Waals surface area contributed by atoms with E-state index in [1.54, 1.807) is 6.92 Å². The Morgan fingerprint density at radius 3 is 2.59 bits per heavy atom. The predicted octanol–water partition coefficient (Wildman–Crippen LogP) is 3.52. The maximum absolute atomic E-state index is 11.1. The van der Waals surface area contributed by atoms with Crippen LogP contribution in [0.25, 0.3) is 0 Å². The first-order chi connectivity index (χ1) is 8.24. The number of carbonyl (C=O) groups is 1. The van der Waals surface area contributed by atoms with Crippen LogP contribution in [-0.2, 0) is 16.0 Å². The summed E-state index contributed by atoms with van der Waals surface area (Å²) >= 11 is 0. The molecule has 0 saturated carbocycles. The second kappa shape index (κ2) is 7.66. The number of benzene rings is 1. The Balaban J connectivity index is 2.19. The first-order valence-corrected chi connectivity index (χ1v) is 6.03. The number of allylic oxidation sites excluding steroid dienone is 1. The topological polar surface area (TPSA) is 26.3 Å². The van der Waals surface area contributed by atoms with Crippen LogP contribution in [0.3, 0.4) is 0 Å². The second-order valence-corrected chi connectivity index (χ2v) is 4.11. The molecule has 1 aromatic carbocycles. The Morgan fingerprint density at radius 1 is 1.24 bits per heavy atom. The highest BCUT2D eigenvalue weighted by Crippen LogP contribution is 2.08. The standard InChI is InChI=1S/C15H20O2/c1-13(15(16)17-2)9-5-3-6-10-14-11-7-4-8-12-14/h4,7-9,11-12H,3,5-6,10H2,1-2H3/b13-9+. The van der Waals surface area contributed by atoms with Crippen LogP contribution in [0.4, 0.5) is 0 Å². The van der Waals surface area contributed by atoms with Crippen LogP contribution in [0.2, 0.25) is 0 Å². The summed E-state index contributed by atoms with van der Waals surface area (Å²) in [6.07, 6.45) is 6.24. The van der Waals surface area contributed by atoms with Gasteiger partial charge in [0, 0.05) is 5.57 Å². The summed E-state index contributed by atoms with van der Waals surface area (Å²) in [7, 11) is 1.41. The van der Waals surface area contributed by atoms with Crippen molar-refractivity contribution >= 4 is 5.97 Å². The molecule has 0 aliphatic carbocycles. The molecule has 0 unspecified atom stereocenters. The van der Waals surface area contributed by atoms with E-state index in [-0.39, 0.29) is 5.97 Å². The van der Waals surface area contributed by atoms with Gasteiger partial charge in [-0.2, -0.15) is 0 Å². The highest BCUT2D eigenvalue weighted by Gasteiger charge is 2.01. The van der Waals surface area contributed by atoms with Gasteiger partial charge >= 0.3 is 5.97 Å². The minimum Gasteiger partial charge on any atom is -0.466 e. The molecule has 0 N–H and O–H groups in total. The van der Waals surface area contributed by atoms with E-state index >= 15 is 0 Å². The number of ether oxygens (including phenoxy) is 1. The van der Waals surface area contributed by atoms with Crippen molar-refractivity contribution < 1.29 is 9.53 Å². The summed E-state index contributed by atoms with van der Waals surface area (Å²) in [5, 5.41) is 0. The lowest BCUT2D eigenvalue weighted by atomic mass is 10.1. The monoisotopic (exact) mass is 232 g/mol. The van der Waals surface area contributed by atoms with Gasteiger partial charge in [0.1, 0.15) is 0 Å². The summed E-state index contributed by atoms with van der Waals surface area (Å²) in [6.45, 7) is 1.79. The third kappa shape index (κ3) is 5.34. The molecule has 0 aliphatic heterocycles. The summed E-state index contributed by atoms with van der Waals surface area (Å²) < 4.78 is 4.63. The molecule has 0 heterocycles. The Morgan fingerprint density at radius 2 is 1.94 bits per heavy atom. The zero-order valence-electron chi connectivity index (χ0n) is 10.6. The van der Waals surface area contributed by atoms with Crippen molar-refractivity contribution in [3.05, 3.63) is 47.5 Å². The maximum atomic E-state index is 11.1. The van der Waals surface area contributed by atoms with Gasteiger partial charge in [-0.25, -0.2) is 4.79 Å². The van der Waals surface area contributed by atoms with Gasteiger partial charge in [0.05, 0.1) is 7.11 Å². The van der Waals surface area contributed by atoms with Crippen molar-refractivity contribution in [1.82, 2.24) is 0 Å². The van der Waals surface area contributed by atoms with Gasteiger partial charge in [-0.15, -0.1) is 0 Å². The first-order valence-electron chi connectivity index (χ1n) is 6.03. The van der Waals surface area contributed by atoms with Crippen LogP contribution in [0.1, 0.15) is 31.7 Å². The Bertz CT molecular complexity index is 366. The number of esters is 1. The van der Waals surface area contributed by atoms with Gasteiger partial charge in [-0.3, -0.25) is 0 Å². The Labute approximate surface area is 103 Å². The summed E-state index contributed by atoms with van der Waals surface area (Å²) in [5.74, 6) is -0.229. The average molecular weight is 232 g/mol. The number of aryl methyl sites for hydroxylation is 1. The summed E-state index contributed by atoms with van der Waals surface area (Å²) in [5.41, 5.74) is 2.08. The molecule has 92 valence electrons. The third-order valence-electron chi connectivity index (χ3n) is 2.72. The predicted molar refractivity (Wildman–Crippen MR) is 69.8 cm³/mol. The normalized spacial score (nSPS) is 11.3. The third-order valence-corrected chi connectivity index (χ3v) is 2.72. The SMILES string of the molecule is COC(=O)/C(C)=C/CCCCc1ccccc1. The fraction of sp³-hybridized carbons (Fsp3) is 0.400. The van der Waals surface area contributed by atoms with Gasteiger partial charge in [-0.05, 0) is 38.2 Å². The van der Waals surface area contributed by atoms with E-state index in [1.165, 1.54) is 12.7 Å². The van der Waals surface area contributed by atoms with Gasteiger partial charge in [0.2, 0.25) is 0 Å². The van der Waals surface area contributed by atoms with E-state index < -0.39 is 0 Å². The average Bonchev–Trinajstić information content (AvgIpc) is 2.38. The van der Waals surface area contributed by atoms with Crippen molar-refractivity contribution in [2.24, 2.45) is 0 Å². The lowest BCUT2D eigenvalue weighted by Gasteiger charge is -2.01.